The van der Waals surface area contributed by atoms with Gasteiger partial charge in [-0.05, 0) is 26.2 Å². The molecule has 1 atom stereocenters. The summed E-state index contributed by atoms with van der Waals surface area (Å²) < 4.78 is 5.11. The monoisotopic (exact) mass is 323 g/mol. The fourth-order valence-corrected chi connectivity index (χ4v) is 4.34. The average Bonchev–Trinajstić information content (AvgIpc) is 3.09. The summed E-state index contributed by atoms with van der Waals surface area (Å²) in [6.45, 7) is 3.80. The molecule has 22 heavy (non-hydrogen) atoms. The van der Waals surface area contributed by atoms with Gasteiger partial charge in [-0.3, -0.25) is 9.59 Å². The Balaban J connectivity index is 1.78. The van der Waals surface area contributed by atoms with E-state index in [1.165, 1.54) is 11.3 Å². The number of methoxy groups -OCH3 is 1. The van der Waals surface area contributed by atoms with E-state index < -0.39 is 0 Å². The number of hydrogen-bond donors (Lipinski definition) is 0. The molecule has 2 fully saturated rings. The van der Waals surface area contributed by atoms with Gasteiger partial charge in [0.05, 0.1) is 18.2 Å². The zero-order valence-electron chi connectivity index (χ0n) is 13.2. The number of thiazole rings is 1. The van der Waals surface area contributed by atoms with Crippen molar-refractivity contribution >= 4 is 23.2 Å². The number of nitrogens with zero attached hydrogens (tertiary/aromatic N) is 3. The highest BCUT2D eigenvalue weighted by atomic mass is 32.1. The van der Waals surface area contributed by atoms with Crippen molar-refractivity contribution in [3.8, 4) is 5.19 Å². The molecule has 0 aliphatic carbocycles. The molecule has 2 aliphatic rings. The van der Waals surface area contributed by atoms with Gasteiger partial charge >= 0.3 is 0 Å². The van der Waals surface area contributed by atoms with Gasteiger partial charge in [0.2, 0.25) is 5.91 Å². The standard InChI is InChI=1S/C15H21N3O3S/c1-10-11(22-14(16-10)21-3)12(19)18-8-6-15(9-18)5-4-7-17(2)13(15)20/h4-9H2,1-3H3/t15-/m0/s1. The highest BCUT2D eigenvalue weighted by molar-refractivity contribution is 7.15. The number of rotatable bonds is 2. The third kappa shape index (κ3) is 2.37. The van der Waals surface area contributed by atoms with Crippen molar-refractivity contribution in [2.75, 3.05) is 33.8 Å². The number of amides is 2. The van der Waals surface area contributed by atoms with Crippen molar-refractivity contribution in [2.45, 2.75) is 26.2 Å². The molecule has 0 unspecified atom stereocenters. The van der Waals surface area contributed by atoms with Crippen LogP contribution in [-0.4, -0.2) is 60.4 Å². The minimum absolute atomic E-state index is 0.0313. The maximum absolute atomic E-state index is 12.7. The van der Waals surface area contributed by atoms with Gasteiger partial charge in [-0.25, -0.2) is 4.98 Å². The van der Waals surface area contributed by atoms with Gasteiger partial charge in [0.1, 0.15) is 4.88 Å². The lowest BCUT2D eigenvalue weighted by molar-refractivity contribution is -0.143. The van der Waals surface area contributed by atoms with Crippen LogP contribution in [0.5, 0.6) is 5.19 Å². The Morgan fingerprint density at radius 1 is 1.36 bits per heavy atom. The van der Waals surface area contributed by atoms with Gasteiger partial charge in [-0.15, -0.1) is 0 Å². The van der Waals surface area contributed by atoms with Crippen LogP contribution in [0.1, 0.15) is 34.6 Å². The fourth-order valence-electron chi connectivity index (χ4n) is 3.49. The van der Waals surface area contributed by atoms with Gasteiger partial charge in [0, 0.05) is 26.7 Å². The van der Waals surface area contributed by atoms with Crippen molar-refractivity contribution in [1.29, 1.82) is 0 Å². The van der Waals surface area contributed by atoms with E-state index >= 15 is 0 Å². The fraction of sp³-hybridized carbons (Fsp3) is 0.667. The quantitative estimate of drug-likeness (QED) is 0.828. The highest BCUT2D eigenvalue weighted by Gasteiger charge is 2.48. The molecule has 0 bridgehead atoms. The SMILES string of the molecule is COc1nc(C)c(C(=O)N2CC[C@@]3(CCCN(C)C3=O)C2)s1. The topological polar surface area (TPSA) is 62.7 Å². The van der Waals surface area contributed by atoms with E-state index in [1.54, 1.807) is 16.9 Å². The summed E-state index contributed by atoms with van der Waals surface area (Å²) in [4.78, 5) is 33.7. The molecule has 0 N–H and O–H groups in total. The van der Waals surface area contributed by atoms with Crippen LogP contribution < -0.4 is 4.74 Å². The molecule has 0 aromatic carbocycles. The summed E-state index contributed by atoms with van der Waals surface area (Å²) in [5.74, 6) is 0.156. The van der Waals surface area contributed by atoms with Gasteiger partial charge < -0.3 is 14.5 Å². The average molecular weight is 323 g/mol. The number of hydrogen-bond acceptors (Lipinski definition) is 5. The molecule has 0 saturated carbocycles. The molecule has 0 radical (unpaired) electrons. The molecule has 1 aromatic heterocycles. The Morgan fingerprint density at radius 3 is 2.82 bits per heavy atom. The number of carbonyl (C=O) groups excluding carboxylic acids is 2. The first-order valence-electron chi connectivity index (χ1n) is 7.53. The summed E-state index contributed by atoms with van der Waals surface area (Å²) in [7, 11) is 3.40. The summed E-state index contributed by atoms with van der Waals surface area (Å²) in [6.07, 6.45) is 2.65. The first kappa shape index (κ1) is 15.3. The van der Waals surface area contributed by atoms with E-state index in [0.29, 0.717) is 28.9 Å². The Kier molecular flexibility index (Phi) is 3.84. The highest BCUT2D eigenvalue weighted by Crippen LogP contribution is 2.40. The first-order valence-corrected chi connectivity index (χ1v) is 8.35. The molecule has 2 aliphatic heterocycles. The molecular formula is C15H21N3O3S. The zero-order chi connectivity index (χ0) is 15.9. The second-order valence-electron chi connectivity index (χ2n) is 6.19. The third-order valence-electron chi connectivity index (χ3n) is 4.74. The molecule has 2 saturated heterocycles. The molecule has 1 aromatic rings. The molecule has 6 nitrogen and oxygen atoms in total. The van der Waals surface area contributed by atoms with Gasteiger partial charge in [-0.2, -0.15) is 0 Å². The lowest BCUT2D eigenvalue weighted by atomic mass is 9.78. The van der Waals surface area contributed by atoms with E-state index in [-0.39, 0.29) is 17.2 Å². The van der Waals surface area contributed by atoms with E-state index in [0.717, 1.165) is 25.8 Å². The maximum Gasteiger partial charge on any atom is 0.273 e. The van der Waals surface area contributed by atoms with E-state index in [9.17, 15) is 9.59 Å². The number of carbonyl (C=O) groups is 2. The number of aryl methyl sites for hydroxylation is 1. The minimum Gasteiger partial charge on any atom is -0.473 e. The van der Waals surface area contributed by atoms with Crippen molar-refractivity contribution in [1.82, 2.24) is 14.8 Å². The lowest BCUT2D eigenvalue weighted by Gasteiger charge is -2.37. The van der Waals surface area contributed by atoms with Crippen LogP contribution in [0, 0.1) is 12.3 Å². The molecule has 3 rings (SSSR count). The van der Waals surface area contributed by atoms with E-state index in [1.807, 2.05) is 14.0 Å². The number of ether oxygens (including phenoxy) is 1. The van der Waals surface area contributed by atoms with Crippen LogP contribution in [0.2, 0.25) is 0 Å². The maximum atomic E-state index is 12.7. The van der Waals surface area contributed by atoms with Crippen LogP contribution in [0.4, 0.5) is 0 Å². The van der Waals surface area contributed by atoms with Crippen molar-refractivity contribution in [2.24, 2.45) is 5.41 Å². The van der Waals surface area contributed by atoms with Crippen molar-refractivity contribution < 1.29 is 14.3 Å². The van der Waals surface area contributed by atoms with Gasteiger partial charge in [0.25, 0.3) is 11.1 Å². The summed E-state index contributed by atoms with van der Waals surface area (Å²) in [5.41, 5.74) is 0.325. The molecule has 3 heterocycles. The first-order chi connectivity index (χ1) is 10.5. The number of likely N-dealkylation sites (tertiary alicyclic amines) is 2. The van der Waals surface area contributed by atoms with Crippen LogP contribution in [-0.2, 0) is 4.79 Å². The van der Waals surface area contributed by atoms with E-state index in [4.69, 9.17) is 4.74 Å². The molecule has 120 valence electrons. The second kappa shape index (κ2) is 5.53. The Morgan fingerprint density at radius 2 is 2.14 bits per heavy atom. The normalized spacial score (nSPS) is 25.1. The minimum atomic E-state index is -0.370. The van der Waals surface area contributed by atoms with Gasteiger partial charge in [-0.1, -0.05) is 11.3 Å². The smallest absolute Gasteiger partial charge is 0.273 e. The Labute approximate surface area is 134 Å². The predicted molar refractivity (Wildman–Crippen MR) is 83.2 cm³/mol. The van der Waals surface area contributed by atoms with Crippen molar-refractivity contribution in [3.05, 3.63) is 10.6 Å². The number of aromatic nitrogens is 1. The van der Waals surface area contributed by atoms with Crippen LogP contribution in [0.25, 0.3) is 0 Å². The summed E-state index contributed by atoms with van der Waals surface area (Å²) >= 11 is 1.27. The Bertz CT molecular complexity index is 615. The molecule has 1 spiro atoms. The lowest BCUT2D eigenvalue weighted by Crippen LogP contribution is -2.48. The third-order valence-corrected chi connectivity index (χ3v) is 5.84. The predicted octanol–water partition coefficient (Wildman–Crippen LogP) is 1.54. The Hall–Kier alpha value is -1.63. The number of piperidine rings is 1. The van der Waals surface area contributed by atoms with Gasteiger partial charge in [0.15, 0.2) is 0 Å². The largest absolute Gasteiger partial charge is 0.473 e. The summed E-state index contributed by atoms with van der Waals surface area (Å²) in [5, 5.41) is 0.503. The van der Waals surface area contributed by atoms with Crippen LogP contribution in [0.15, 0.2) is 0 Å². The molecule has 2 amide bonds. The van der Waals surface area contributed by atoms with E-state index in [2.05, 4.69) is 4.98 Å². The second-order valence-corrected chi connectivity index (χ2v) is 7.15. The van der Waals surface area contributed by atoms with Crippen LogP contribution >= 0.6 is 11.3 Å². The summed E-state index contributed by atoms with van der Waals surface area (Å²) in [6, 6.07) is 0. The van der Waals surface area contributed by atoms with Crippen molar-refractivity contribution in [3.63, 3.8) is 0 Å². The van der Waals surface area contributed by atoms with Crippen LogP contribution in [0.3, 0.4) is 0 Å². The molecular weight excluding hydrogens is 302 g/mol. The zero-order valence-corrected chi connectivity index (χ0v) is 14.0. The molecule has 7 heteroatoms.